The Bertz CT molecular complexity index is 500. The maximum atomic E-state index is 11.8. The second-order valence-electron chi connectivity index (χ2n) is 5.57. The first-order chi connectivity index (χ1) is 10.1. The highest BCUT2D eigenvalue weighted by Gasteiger charge is 2.26. The van der Waals surface area contributed by atoms with Crippen molar-refractivity contribution in [2.75, 3.05) is 20.1 Å². The molecule has 1 aliphatic heterocycles. The molecule has 0 aromatic carbocycles. The maximum absolute atomic E-state index is 11.8. The fourth-order valence-corrected chi connectivity index (χ4v) is 3.69. The number of amides is 1. The lowest BCUT2D eigenvalue weighted by Crippen LogP contribution is -2.42. The summed E-state index contributed by atoms with van der Waals surface area (Å²) in [6.45, 7) is 7.86. The quantitative estimate of drug-likeness (QED) is 0.879. The Morgan fingerprint density at radius 2 is 2.24 bits per heavy atom. The molecule has 0 aliphatic carbocycles. The molecule has 1 amide bonds. The van der Waals surface area contributed by atoms with E-state index in [9.17, 15) is 4.79 Å². The average molecular weight is 357 g/mol. The van der Waals surface area contributed by atoms with Gasteiger partial charge in [0, 0.05) is 26.7 Å². The van der Waals surface area contributed by atoms with Crippen LogP contribution in [0.4, 0.5) is 0 Å². The normalized spacial score (nSPS) is 19.7. The largest absolute Gasteiger partial charge is 0.359 e. The highest BCUT2D eigenvalue weighted by molar-refractivity contribution is 9.10. The van der Waals surface area contributed by atoms with Gasteiger partial charge in [-0.15, -0.1) is 0 Å². The lowest BCUT2D eigenvalue weighted by Gasteiger charge is -2.31. The van der Waals surface area contributed by atoms with Crippen molar-refractivity contribution >= 4 is 21.8 Å². The zero-order valence-corrected chi connectivity index (χ0v) is 14.7. The maximum Gasteiger partial charge on any atom is 0.224 e. The minimum absolute atomic E-state index is 0.117. The number of piperidine rings is 1. The molecular weight excluding hydrogens is 332 g/mol. The predicted molar refractivity (Wildman–Crippen MR) is 87.0 cm³/mol. The van der Waals surface area contributed by atoms with Gasteiger partial charge in [0.1, 0.15) is 0 Å². The summed E-state index contributed by atoms with van der Waals surface area (Å²) in [5.41, 5.74) is 2.35. The number of nitrogens with one attached hydrogen (secondary N) is 1. The third kappa shape index (κ3) is 3.66. The summed E-state index contributed by atoms with van der Waals surface area (Å²) in [5.74, 6) is 0.281. The van der Waals surface area contributed by atoms with Crippen LogP contribution in [0.25, 0.3) is 0 Å². The number of halogens is 1. The van der Waals surface area contributed by atoms with E-state index in [1.807, 2.05) is 0 Å². The Hall–Kier alpha value is -0.880. The van der Waals surface area contributed by atoms with Crippen LogP contribution in [0.2, 0.25) is 0 Å². The number of nitrogens with zero attached hydrogens (tertiary/aromatic N) is 3. The molecular formula is C15H25BrN4O. The van der Waals surface area contributed by atoms with Crippen molar-refractivity contribution < 1.29 is 4.79 Å². The number of hydrogen-bond acceptors (Lipinski definition) is 3. The number of aryl methyl sites for hydroxylation is 2. The van der Waals surface area contributed by atoms with Crippen LogP contribution in [0, 0.1) is 5.92 Å². The van der Waals surface area contributed by atoms with Crippen LogP contribution in [0.1, 0.15) is 38.1 Å². The first kappa shape index (κ1) is 16.5. The molecule has 5 nitrogen and oxygen atoms in total. The first-order valence-electron chi connectivity index (χ1n) is 7.78. The van der Waals surface area contributed by atoms with Gasteiger partial charge in [-0.1, -0.05) is 6.92 Å². The van der Waals surface area contributed by atoms with Gasteiger partial charge >= 0.3 is 0 Å². The van der Waals surface area contributed by atoms with E-state index in [1.54, 1.807) is 7.05 Å². The van der Waals surface area contributed by atoms with E-state index >= 15 is 0 Å². The number of rotatable bonds is 5. The minimum Gasteiger partial charge on any atom is -0.359 e. The molecule has 0 bridgehead atoms. The average Bonchev–Trinajstić information content (AvgIpc) is 2.82. The van der Waals surface area contributed by atoms with Crippen LogP contribution < -0.4 is 5.32 Å². The van der Waals surface area contributed by atoms with Crippen molar-refractivity contribution in [1.82, 2.24) is 20.0 Å². The molecule has 2 rings (SSSR count). The van der Waals surface area contributed by atoms with Gasteiger partial charge in [-0.25, -0.2) is 0 Å². The highest BCUT2D eigenvalue weighted by Crippen LogP contribution is 2.26. The molecule has 0 saturated carbocycles. The fourth-order valence-electron chi connectivity index (χ4n) is 3.00. The van der Waals surface area contributed by atoms with Crippen molar-refractivity contribution in [3.8, 4) is 0 Å². The smallest absolute Gasteiger partial charge is 0.224 e. The molecule has 0 radical (unpaired) electrons. The van der Waals surface area contributed by atoms with Crippen LogP contribution in [0.3, 0.4) is 0 Å². The Morgan fingerprint density at radius 1 is 1.48 bits per heavy atom. The molecule has 6 heteroatoms. The summed E-state index contributed by atoms with van der Waals surface area (Å²) in [5, 5.41) is 7.42. The molecule has 1 aromatic heterocycles. The molecule has 1 fully saturated rings. The van der Waals surface area contributed by atoms with Gasteiger partial charge in [0.05, 0.1) is 21.8 Å². The monoisotopic (exact) mass is 356 g/mol. The summed E-state index contributed by atoms with van der Waals surface area (Å²) in [7, 11) is 1.72. The summed E-state index contributed by atoms with van der Waals surface area (Å²) in [4.78, 5) is 14.2. The minimum atomic E-state index is 0.117. The van der Waals surface area contributed by atoms with Gasteiger partial charge in [0.2, 0.25) is 5.91 Å². The van der Waals surface area contributed by atoms with E-state index in [2.05, 4.69) is 49.8 Å². The van der Waals surface area contributed by atoms with Gasteiger partial charge in [-0.2, -0.15) is 5.10 Å². The third-order valence-electron chi connectivity index (χ3n) is 4.19. The van der Waals surface area contributed by atoms with Gasteiger partial charge in [0.15, 0.2) is 0 Å². The van der Waals surface area contributed by atoms with E-state index in [0.717, 1.165) is 55.6 Å². The van der Waals surface area contributed by atoms with Crippen molar-refractivity contribution in [3.05, 3.63) is 15.9 Å². The standard InChI is InChI=1S/C15H25BrN4O/c1-4-12-14(16)13(20(5-2)18-12)10-19-8-6-7-11(9-19)15(21)17-3/h11H,4-10H2,1-3H3,(H,17,21). The van der Waals surface area contributed by atoms with Gasteiger partial charge in [0.25, 0.3) is 0 Å². The van der Waals surface area contributed by atoms with Crippen LogP contribution in [0.5, 0.6) is 0 Å². The van der Waals surface area contributed by atoms with Gasteiger partial charge < -0.3 is 5.32 Å². The molecule has 1 atom stereocenters. The summed E-state index contributed by atoms with van der Waals surface area (Å²) in [6, 6.07) is 0. The number of carbonyl (C=O) groups is 1. The number of aromatic nitrogens is 2. The molecule has 1 saturated heterocycles. The second-order valence-corrected chi connectivity index (χ2v) is 6.36. The zero-order valence-electron chi connectivity index (χ0n) is 13.2. The molecule has 1 N–H and O–H groups in total. The van der Waals surface area contributed by atoms with E-state index in [1.165, 1.54) is 5.69 Å². The van der Waals surface area contributed by atoms with Crippen molar-refractivity contribution in [3.63, 3.8) is 0 Å². The van der Waals surface area contributed by atoms with Crippen LogP contribution >= 0.6 is 15.9 Å². The lowest BCUT2D eigenvalue weighted by molar-refractivity contribution is -0.126. The first-order valence-corrected chi connectivity index (χ1v) is 8.57. The Labute approximate surface area is 135 Å². The van der Waals surface area contributed by atoms with E-state index in [4.69, 9.17) is 0 Å². The predicted octanol–water partition coefficient (Wildman–Crippen LogP) is 2.19. The molecule has 1 aromatic rings. The van der Waals surface area contributed by atoms with Crippen molar-refractivity contribution in [2.45, 2.75) is 46.2 Å². The van der Waals surface area contributed by atoms with Crippen LogP contribution in [-0.2, 0) is 24.3 Å². The molecule has 21 heavy (non-hydrogen) atoms. The van der Waals surface area contributed by atoms with Crippen LogP contribution in [-0.4, -0.2) is 40.7 Å². The fraction of sp³-hybridized carbons (Fsp3) is 0.733. The third-order valence-corrected chi connectivity index (χ3v) is 5.11. The number of carbonyl (C=O) groups excluding carboxylic acids is 1. The van der Waals surface area contributed by atoms with E-state index < -0.39 is 0 Å². The van der Waals surface area contributed by atoms with E-state index in [0.29, 0.717) is 0 Å². The summed E-state index contributed by atoms with van der Waals surface area (Å²) in [6.07, 6.45) is 3.00. The van der Waals surface area contributed by atoms with Crippen molar-refractivity contribution in [2.24, 2.45) is 5.92 Å². The second kappa shape index (κ2) is 7.40. The molecule has 1 unspecified atom stereocenters. The summed E-state index contributed by atoms with van der Waals surface area (Å²) >= 11 is 3.70. The molecule has 118 valence electrons. The van der Waals surface area contributed by atoms with Gasteiger partial charge in [-0.3, -0.25) is 14.4 Å². The lowest BCUT2D eigenvalue weighted by atomic mass is 9.97. The van der Waals surface area contributed by atoms with Crippen LogP contribution in [0.15, 0.2) is 4.47 Å². The molecule has 1 aliphatic rings. The highest BCUT2D eigenvalue weighted by atomic mass is 79.9. The Balaban J connectivity index is 2.10. The number of likely N-dealkylation sites (tertiary alicyclic amines) is 1. The molecule has 2 heterocycles. The van der Waals surface area contributed by atoms with Gasteiger partial charge in [-0.05, 0) is 48.7 Å². The molecule has 0 spiro atoms. The number of hydrogen-bond donors (Lipinski definition) is 1. The summed E-state index contributed by atoms with van der Waals surface area (Å²) < 4.78 is 3.21. The SMILES string of the molecule is CCc1nn(CC)c(CN2CCCC(C(=O)NC)C2)c1Br. The Morgan fingerprint density at radius 3 is 2.86 bits per heavy atom. The van der Waals surface area contributed by atoms with Crippen molar-refractivity contribution in [1.29, 1.82) is 0 Å². The Kier molecular flexibility index (Phi) is 5.81. The van der Waals surface area contributed by atoms with E-state index in [-0.39, 0.29) is 11.8 Å². The topological polar surface area (TPSA) is 50.2 Å². The zero-order chi connectivity index (χ0) is 15.4.